The molecular formula is C15H16ClN3. The van der Waals surface area contributed by atoms with Crippen molar-refractivity contribution >= 4 is 23.0 Å². The SMILES string of the molecule is Clc1ccnc(CN2CCCNc3ccccc32)c1. The van der Waals surface area contributed by atoms with Crippen molar-refractivity contribution in [3.05, 3.63) is 53.3 Å². The second kappa shape index (κ2) is 5.49. The largest absolute Gasteiger partial charge is 0.383 e. The second-order valence-corrected chi connectivity index (χ2v) is 5.12. The lowest BCUT2D eigenvalue weighted by molar-refractivity contribution is 0.752. The maximum atomic E-state index is 6.02. The molecule has 0 unspecified atom stereocenters. The number of halogens is 1. The minimum absolute atomic E-state index is 0.742. The van der Waals surface area contributed by atoms with E-state index >= 15 is 0 Å². The fourth-order valence-corrected chi connectivity index (χ4v) is 2.59. The van der Waals surface area contributed by atoms with Gasteiger partial charge in [0.15, 0.2) is 0 Å². The Labute approximate surface area is 118 Å². The summed E-state index contributed by atoms with van der Waals surface area (Å²) in [5.74, 6) is 0. The van der Waals surface area contributed by atoms with Gasteiger partial charge in [0.1, 0.15) is 0 Å². The fourth-order valence-electron chi connectivity index (χ4n) is 2.41. The van der Waals surface area contributed by atoms with Crippen LogP contribution in [0.5, 0.6) is 0 Å². The van der Waals surface area contributed by atoms with Crippen molar-refractivity contribution in [1.82, 2.24) is 4.98 Å². The van der Waals surface area contributed by atoms with Crippen molar-refractivity contribution in [1.29, 1.82) is 0 Å². The first-order chi connectivity index (χ1) is 9.33. The number of para-hydroxylation sites is 2. The molecule has 1 aromatic heterocycles. The van der Waals surface area contributed by atoms with Gasteiger partial charge in [0.05, 0.1) is 23.6 Å². The molecular weight excluding hydrogens is 258 g/mol. The molecule has 1 aliphatic rings. The van der Waals surface area contributed by atoms with Crippen molar-refractivity contribution in [2.24, 2.45) is 0 Å². The molecule has 3 nitrogen and oxygen atoms in total. The zero-order valence-electron chi connectivity index (χ0n) is 10.6. The molecule has 3 rings (SSSR count). The van der Waals surface area contributed by atoms with E-state index in [1.807, 2.05) is 12.1 Å². The molecule has 4 heteroatoms. The van der Waals surface area contributed by atoms with Crippen LogP contribution < -0.4 is 10.2 Å². The van der Waals surface area contributed by atoms with Gasteiger partial charge in [0.25, 0.3) is 0 Å². The Morgan fingerprint density at radius 3 is 3.05 bits per heavy atom. The molecule has 2 aromatic rings. The van der Waals surface area contributed by atoms with E-state index in [-0.39, 0.29) is 0 Å². The standard InChI is InChI=1S/C15H16ClN3/c16-12-6-8-17-13(10-12)11-19-9-3-7-18-14-4-1-2-5-15(14)19/h1-2,4-6,8,10,18H,3,7,9,11H2. The van der Waals surface area contributed by atoms with E-state index in [0.717, 1.165) is 36.8 Å². The number of anilines is 2. The Morgan fingerprint density at radius 1 is 1.26 bits per heavy atom. The predicted octanol–water partition coefficient (Wildman–Crippen LogP) is 3.56. The van der Waals surface area contributed by atoms with Gasteiger partial charge in [0.2, 0.25) is 0 Å². The average molecular weight is 274 g/mol. The highest BCUT2D eigenvalue weighted by Crippen LogP contribution is 2.29. The van der Waals surface area contributed by atoms with Crippen LogP contribution in [-0.2, 0) is 6.54 Å². The molecule has 0 bridgehead atoms. The number of fused-ring (bicyclic) bond motifs is 1. The lowest BCUT2D eigenvalue weighted by atomic mass is 10.2. The third kappa shape index (κ3) is 2.82. The van der Waals surface area contributed by atoms with E-state index in [9.17, 15) is 0 Å². The van der Waals surface area contributed by atoms with Crippen LogP contribution in [-0.4, -0.2) is 18.1 Å². The van der Waals surface area contributed by atoms with Gasteiger partial charge in [-0.25, -0.2) is 0 Å². The maximum absolute atomic E-state index is 6.02. The van der Waals surface area contributed by atoms with Crippen molar-refractivity contribution in [2.75, 3.05) is 23.3 Å². The van der Waals surface area contributed by atoms with Gasteiger partial charge >= 0.3 is 0 Å². The van der Waals surface area contributed by atoms with Gasteiger partial charge in [-0.1, -0.05) is 23.7 Å². The minimum atomic E-state index is 0.742. The Bertz CT molecular complexity index is 571. The zero-order valence-corrected chi connectivity index (χ0v) is 11.4. The summed E-state index contributed by atoms with van der Waals surface area (Å²) in [7, 11) is 0. The number of benzene rings is 1. The lowest BCUT2D eigenvalue weighted by Crippen LogP contribution is -2.23. The number of nitrogens with one attached hydrogen (secondary N) is 1. The fraction of sp³-hybridized carbons (Fsp3) is 0.267. The molecule has 0 amide bonds. The van der Waals surface area contributed by atoms with Gasteiger partial charge in [0, 0.05) is 24.3 Å². The van der Waals surface area contributed by atoms with Crippen molar-refractivity contribution in [3.8, 4) is 0 Å². The first-order valence-corrected chi connectivity index (χ1v) is 6.89. The molecule has 2 heterocycles. The molecule has 0 saturated carbocycles. The van der Waals surface area contributed by atoms with E-state index in [1.54, 1.807) is 6.20 Å². The van der Waals surface area contributed by atoms with Gasteiger partial charge < -0.3 is 10.2 Å². The highest BCUT2D eigenvalue weighted by molar-refractivity contribution is 6.30. The maximum Gasteiger partial charge on any atom is 0.0611 e. The smallest absolute Gasteiger partial charge is 0.0611 e. The summed E-state index contributed by atoms with van der Waals surface area (Å²) in [6, 6.07) is 12.2. The van der Waals surface area contributed by atoms with Gasteiger partial charge in [-0.15, -0.1) is 0 Å². The minimum Gasteiger partial charge on any atom is -0.383 e. The first-order valence-electron chi connectivity index (χ1n) is 6.51. The van der Waals surface area contributed by atoms with Crippen LogP contribution in [0, 0.1) is 0 Å². The van der Waals surface area contributed by atoms with Gasteiger partial charge in [-0.3, -0.25) is 4.98 Å². The van der Waals surface area contributed by atoms with Crippen LogP contribution in [0.2, 0.25) is 5.02 Å². The van der Waals surface area contributed by atoms with Gasteiger partial charge in [-0.2, -0.15) is 0 Å². The summed E-state index contributed by atoms with van der Waals surface area (Å²) in [6.07, 6.45) is 2.88. The van der Waals surface area contributed by atoms with E-state index in [4.69, 9.17) is 11.6 Å². The molecule has 0 radical (unpaired) electrons. The molecule has 0 fully saturated rings. The topological polar surface area (TPSA) is 28.2 Å². The quantitative estimate of drug-likeness (QED) is 0.907. The molecule has 1 N–H and O–H groups in total. The number of pyridine rings is 1. The van der Waals surface area contributed by atoms with Crippen LogP contribution in [0.1, 0.15) is 12.1 Å². The van der Waals surface area contributed by atoms with E-state index < -0.39 is 0 Å². The third-order valence-corrected chi connectivity index (χ3v) is 3.53. The number of aromatic nitrogens is 1. The number of hydrogen-bond donors (Lipinski definition) is 1. The van der Waals surface area contributed by atoms with Gasteiger partial charge in [-0.05, 0) is 30.7 Å². The Morgan fingerprint density at radius 2 is 2.16 bits per heavy atom. The molecule has 0 spiro atoms. The van der Waals surface area contributed by atoms with Crippen LogP contribution in [0.15, 0.2) is 42.6 Å². The monoisotopic (exact) mass is 273 g/mol. The summed E-state index contributed by atoms with van der Waals surface area (Å²) in [5.41, 5.74) is 3.44. The summed E-state index contributed by atoms with van der Waals surface area (Å²) in [5, 5.41) is 4.21. The summed E-state index contributed by atoms with van der Waals surface area (Å²) in [6.45, 7) is 2.83. The number of nitrogens with zero attached hydrogens (tertiary/aromatic N) is 2. The zero-order chi connectivity index (χ0) is 13.1. The molecule has 0 saturated heterocycles. The van der Waals surface area contributed by atoms with E-state index in [1.165, 1.54) is 11.4 Å². The van der Waals surface area contributed by atoms with E-state index in [2.05, 4.69) is 39.5 Å². The summed E-state index contributed by atoms with van der Waals surface area (Å²) in [4.78, 5) is 6.75. The first kappa shape index (κ1) is 12.3. The molecule has 0 aliphatic carbocycles. The normalized spacial score (nSPS) is 14.5. The van der Waals surface area contributed by atoms with Crippen LogP contribution in [0.4, 0.5) is 11.4 Å². The Balaban J connectivity index is 1.88. The number of hydrogen-bond acceptors (Lipinski definition) is 3. The molecule has 1 aliphatic heterocycles. The molecule has 19 heavy (non-hydrogen) atoms. The van der Waals surface area contributed by atoms with Crippen molar-refractivity contribution < 1.29 is 0 Å². The van der Waals surface area contributed by atoms with Crippen molar-refractivity contribution in [2.45, 2.75) is 13.0 Å². The molecule has 0 atom stereocenters. The highest BCUT2D eigenvalue weighted by Gasteiger charge is 2.15. The second-order valence-electron chi connectivity index (χ2n) is 4.68. The highest BCUT2D eigenvalue weighted by atomic mass is 35.5. The third-order valence-electron chi connectivity index (χ3n) is 3.30. The lowest BCUT2D eigenvalue weighted by Gasteiger charge is -2.24. The van der Waals surface area contributed by atoms with Crippen LogP contribution in [0.3, 0.4) is 0 Å². The Hall–Kier alpha value is -1.74. The average Bonchev–Trinajstić information content (AvgIpc) is 2.62. The Kier molecular flexibility index (Phi) is 3.56. The predicted molar refractivity (Wildman–Crippen MR) is 79.8 cm³/mol. The van der Waals surface area contributed by atoms with Crippen molar-refractivity contribution in [3.63, 3.8) is 0 Å². The number of rotatable bonds is 2. The van der Waals surface area contributed by atoms with E-state index in [0.29, 0.717) is 0 Å². The van der Waals surface area contributed by atoms with Crippen LogP contribution >= 0.6 is 11.6 Å². The molecule has 1 aromatic carbocycles. The summed E-state index contributed by atoms with van der Waals surface area (Å²) < 4.78 is 0. The van der Waals surface area contributed by atoms with Crippen LogP contribution in [0.25, 0.3) is 0 Å². The summed E-state index contributed by atoms with van der Waals surface area (Å²) >= 11 is 6.02. The molecule has 98 valence electrons.